The minimum absolute atomic E-state index is 0.0380. The molecule has 2 fully saturated rings. The third-order valence-corrected chi connectivity index (χ3v) is 4.88. The van der Waals surface area contributed by atoms with Gasteiger partial charge in [-0.05, 0) is 43.7 Å². The van der Waals surface area contributed by atoms with Gasteiger partial charge >= 0.3 is 0 Å². The largest absolute Gasteiger partial charge is 0.368 e. The van der Waals surface area contributed by atoms with Crippen molar-refractivity contribution in [2.24, 2.45) is 11.8 Å². The summed E-state index contributed by atoms with van der Waals surface area (Å²) in [7, 11) is 0. The Morgan fingerprint density at radius 3 is 2.65 bits per heavy atom. The summed E-state index contributed by atoms with van der Waals surface area (Å²) in [5, 5.41) is 5.69. The fourth-order valence-corrected chi connectivity index (χ4v) is 3.56. The Morgan fingerprint density at radius 1 is 1.13 bits per heavy atom. The van der Waals surface area contributed by atoms with Gasteiger partial charge in [-0.1, -0.05) is 24.1 Å². The molecule has 0 bridgehead atoms. The molecule has 1 aromatic rings. The SMILES string of the molecule is Cc1ccc(C(=O)NCCNC(=O)C2OCC3CCCC32)cc1. The molecule has 3 rings (SSSR count). The molecule has 1 aliphatic carbocycles. The monoisotopic (exact) mass is 316 g/mol. The highest BCUT2D eigenvalue weighted by Crippen LogP contribution is 2.40. The number of rotatable bonds is 5. The summed E-state index contributed by atoms with van der Waals surface area (Å²) < 4.78 is 5.64. The molecule has 0 radical (unpaired) electrons. The van der Waals surface area contributed by atoms with E-state index < -0.39 is 0 Å². The zero-order valence-corrected chi connectivity index (χ0v) is 13.5. The van der Waals surface area contributed by atoms with Crippen molar-refractivity contribution in [3.05, 3.63) is 35.4 Å². The number of amides is 2. The van der Waals surface area contributed by atoms with Gasteiger partial charge in [-0.3, -0.25) is 9.59 Å². The first-order chi connectivity index (χ1) is 11.1. The number of benzene rings is 1. The molecule has 2 N–H and O–H groups in total. The number of hydrogen-bond acceptors (Lipinski definition) is 3. The molecule has 5 heteroatoms. The molecule has 1 heterocycles. The van der Waals surface area contributed by atoms with Crippen molar-refractivity contribution in [1.82, 2.24) is 10.6 Å². The van der Waals surface area contributed by atoms with Gasteiger partial charge in [0.2, 0.25) is 5.91 Å². The van der Waals surface area contributed by atoms with Crippen LogP contribution in [-0.4, -0.2) is 37.6 Å². The first-order valence-corrected chi connectivity index (χ1v) is 8.39. The summed E-state index contributed by atoms with van der Waals surface area (Å²) in [6.07, 6.45) is 3.18. The van der Waals surface area contributed by atoms with E-state index in [0.29, 0.717) is 37.1 Å². The summed E-state index contributed by atoms with van der Waals surface area (Å²) in [5.41, 5.74) is 1.76. The first-order valence-electron chi connectivity index (χ1n) is 8.39. The highest BCUT2D eigenvalue weighted by atomic mass is 16.5. The van der Waals surface area contributed by atoms with Crippen LogP contribution in [0.2, 0.25) is 0 Å². The maximum atomic E-state index is 12.2. The first kappa shape index (κ1) is 16.0. The molecule has 0 spiro atoms. The highest BCUT2D eigenvalue weighted by molar-refractivity contribution is 5.94. The number of fused-ring (bicyclic) bond motifs is 1. The third kappa shape index (κ3) is 3.72. The lowest BCUT2D eigenvalue weighted by Gasteiger charge is -2.16. The lowest BCUT2D eigenvalue weighted by atomic mass is 9.94. The zero-order valence-electron chi connectivity index (χ0n) is 13.5. The van der Waals surface area contributed by atoms with Crippen LogP contribution in [0.5, 0.6) is 0 Å². The van der Waals surface area contributed by atoms with Gasteiger partial charge < -0.3 is 15.4 Å². The lowest BCUT2D eigenvalue weighted by Crippen LogP contribution is -2.41. The van der Waals surface area contributed by atoms with Gasteiger partial charge in [0.15, 0.2) is 0 Å². The molecular formula is C18H24N2O3. The maximum Gasteiger partial charge on any atom is 0.251 e. The summed E-state index contributed by atoms with van der Waals surface area (Å²) in [6, 6.07) is 7.42. The van der Waals surface area contributed by atoms with Crippen molar-refractivity contribution in [2.75, 3.05) is 19.7 Å². The van der Waals surface area contributed by atoms with Gasteiger partial charge in [0.25, 0.3) is 5.91 Å². The van der Waals surface area contributed by atoms with Crippen molar-refractivity contribution < 1.29 is 14.3 Å². The minimum Gasteiger partial charge on any atom is -0.368 e. The summed E-state index contributed by atoms with van der Waals surface area (Å²) in [5.74, 6) is 0.792. The molecule has 2 aliphatic rings. The molecule has 5 nitrogen and oxygen atoms in total. The van der Waals surface area contributed by atoms with Crippen LogP contribution >= 0.6 is 0 Å². The number of carbonyl (C=O) groups is 2. The molecule has 23 heavy (non-hydrogen) atoms. The van der Waals surface area contributed by atoms with Crippen molar-refractivity contribution in [1.29, 1.82) is 0 Å². The zero-order chi connectivity index (χ0) is 16.2. The van der Waals surface area contributed by atoms with E-state index in [9.17, 15) is 9.59 Å². The van der Waals surface area contributed by atoms with E-state index in [1.807, 2.05) is 19.1 Å². The van der Waals surface area contributed by atoms with Crippen LogP contribution in [0.1, 0.15) is 35.2 Å². The van der Waals surface area contributed by atoms with Gasteiger partial charge in [0.1, 0.15) is 6.10 Å². The number of nitrogens with one attached hydrogen (secondary N) is 2. The molecule has 3 unspecified atom stereocenters. The van der Waals surface area contributed by atoms with E-state index in [1.54, 1.807) is 12.1 Å². The van der Waals surface area contributed by atoms with E-state index in [1.165, 1.54) is 12.8 Å². The minimum atomic E-state index is -0.296. The van der Waals surface area contributed by atoms with E-state index >= 15 is 0 Å². The van der Waals surface area contributed by atoms with Gasteiger partial charge in [-0.15, -0.1) is 0 Å². The average molecular weight is 316 g/mol. The smallest absolute Gasteiger partial charge is 0.251 e. The van der Waals surface area contributed by atoms with Crippen LogP contribution < -0.4 is 10.6 Å². The molecule has 1 saturated carbocycles. The van der Waals surface area contributed by atoms with Crippen LogP contribution in [0.15, 0.2) is 24.3 Å². The topological polar surface area (TPSA) is 67.4 Å². The van der Waals surface area contributed by atoms with Crippen LogP contribution in [0, 0.1) is 18.8 Å². The summed E-state index contributed by atoms with van der Waals surface area (Å²) >= 11 is 0. The quantitative estimate of drug-likeness (QED) is 0.812. The van der Waals surface area contributed by atoms with Crippen LogP contribution in [0.4, 0.5) is 0 Å². The Kier molecular flexibility index (Phi) is 4.96. The normalized spacial score (nSPS) is 25.9. The van der Waals surface area contributed by atoms with Crippen LogP contribution in [-0.2, 0) is 9.53 Å². The average Bonchev–Trinajstić information content (AvgIpc) is 3.15. The lowest BCUT2D eigenvalue weighted by molar-refractivity contribution is -0.131. The molecule has 1 aromatic carbocycles. The number of hydrogen-bond donors (Lipinski definition) is 2. The standard InChI is InChI=1S/C18H24N2O3/c1-12-5-7-13(8-6-12)17(21)19-9-10-20-18(22)16-15-4-2-3-14(15)11-23-16/h5-8,14-16H,2-4,9-11H2,1H3,(H,19,21)(H,20,22). The van der Waals surface area contributed by atoms with Gasteiger partial charge in [-0.2, -0.15) is 0 Å². The second kappa shape index (κ2) is 7.13. The molecule has 0 aromatic heterocycles. The second-order valence-corrected chi connectivity index (χ2v) is 6.52. The predicted molar refractivity (Wildman–Crippen MR) is 87.1 cm³/mol. The van der Waals surface area contributed by atoms with E-state index in [-0.39, 0.29) is 17.9 Å². The Bertz CT molecular complexity index is 570. The summed E-state index contributed by atoms with van der Waals surface area (Å²) in [6.45, 7) is 3.54. The number of ether oxygens (including phenoxy) is 1. The summed E-state index contributed by atoms with van der Waals surface area (Å²) in [4.78, 5) is 24.1. The number of carbonyl (C=O) groups excluding carboxylic acids is 2. The van der Waals surface area contributed by atoms with E-state index in [4.69, 9.17) is 4.74 Å². The maximum absolute atomic E-state index is 12.2. The molecule has 2 amide bonds. The molecule has 1 aliphatic heterocycles. The fourth-order valence-electron chi connectivity index (χ4n) is 3.56. The molecule has 124 valence electrons. The van der Waals surface area contributed by atoms with Crippen molar-refractivity contribution in [2.45, 2.75) is 32.3 Å². The molecule has 1 saturated heterocycles. The Hall–Kier alpha value is -1.88. The highest BCUT2D eigenvalue weighted by Gasteiger charge is 2.43. The predicted octanol–water partition coefficient (Wildman–Crippen LogP) is 1.66. The molecular weight excluding hydrogens is 292 g/mol. The molecule has 3 atom stereocenters. The Labute approximate surface area is 136 Å². The Morgan fingerprint density at radius 2 is 1.87 bits per heavy atom. The van der Waals surface area contributed by atoms with Gasteiger partial charge in [-0.25, -0.2) is 0 Å². The third-order valence-electron chi connectivity index (χ3n) is 4.88. The fraction of sp³-hybridized carbons (Fsp3) is 0.556. The number of aryl methyl sites for hydroxylation is 1. The Balaban J connectivity index is 1.39. The van der Waals surface area contributed by atoms with Gasteiger partial charge in [0.05, 0.1) is 6.61 Å². The van der Waals surface area contributed by atoms with Crippen LogP contribution in [0.3, 0.4) is 0 Å². The van der Waals surface area contributed by atoms with E-state index in [0.717, 1.165) is 12.0 Å². The van der Waals surface area contributed by atoms with Crippen molar-refractivity contribution >= 4 is 11.8 Å². The second-order valence-electron chi connectivity index (χ2n) is 6.52. The van der Waals surface area contributed by atoms with Crippen molar-refractivity contribution in [3.63, 3.8) is 0 Å². The van der Waals surface area contributed by atoms with E-state index in [2.05, 4.69) is 10.6 Å². The van der Waals surface area contributed by atoms with Gasteiger partial charge in [0, 0.05) is 18.7 Å². The van der Waals surface area contributed by atoms with Crippen molar-refractivity contribution in [3.8, 4) is 0 Å². The van der Waals surface area contributed by atoms with Crippen LogP contribution in [0.25, 0.3) is 0 Å².